The van der Waals surface area contributed by atoms with Crippen LogP contribution < -0.4 is 20.5 Å². The number of amides is 2. The number of nitrogens with two attached hydrogens (primary N) is 1. The summed E-state index contributed by atoms with van der Waals surface area (Å²) in [6.07, 6.45) is 0. The van der Waals surface area contributed by atoms with E-state index in [0.717, 1.165) is 6.07 Å². The van der Waals surface area contributed by atoms with E-state index in [4.69, 9.17) is 14.6 Å². The molecule has 2 rings (SSSR count). The summed E-state index contributed by atoms with van der Waals surface area (Å²) in [6.45, 7) is -0.626. The van der Waals surface area contributed by atoms with Crippen LogP contribution in [0.3, 0.4) is 0 Å². The van der Waals surface area contributed by atoms with Crippen molar-refractivity contribution < 1.29 is 32.3 Å². The normalized spacial score (nSPS) is 10.7. The molecular weight excluding hydrogens is 402 g/mol. The first-order chi connectivity index (χ1) is 13.7. The van der Waals surface area contributed by atoms with Crippen LogP contribution in [0.2, 0.25) is 0 Å². The van der Waals surface area contributed by atoms with Crippen molar-refractivity contribution in [2.24, 2.45) is 5.14 Å². The number of carbonyl (C=O) groups excluding carboxylic acids is 3. The van der Waals surface area contributed by atoms with Gasteiger partial charge in [0, 0.05) is 18.3 Å². The summed E-state index contributed by atoms with van der Waals surface area (Å²) < 4.78 is 32.8. The molecule has 0 radical (unpaired) electrons. The number of carbonyl (C=O) groups is 3. The quantitative estimate of drug-likeness (QED) is 0.550. The molecule has 10 nitrogen and oxygen atoms in total. The van der Waals surface area contributed by atoms with Crippen LogP contribution in [0.25, 0.3) is 0 Å². The maximum atomic E-state index is 12.3. The summed E-state index contributed by atoms with van der Waals surface area (Å²) in [7, 11) is -1.25. The van der Waals surface area contributed by atoms with Gasteiger partial charge in [0.15, 0.2) is 6.61 Å². The monoisotopic (exact) mass is 421 g/mol. The van der Waals surface area contributed by atoms with Crippen LogP contribution in [0.4, 0.5) is 5.69 Å². The number of hydrogen-bond donors (Lipinski definition) is 3. The summed E-state index contributed by atoms with van der Waals surface area (Å²) in [5, 5.41) is 10.0. The third-order valence-electron chi connectivity index (χ3n) is 3.71. The molecule has 0 unspecified atom stereocenters. The number of sulfonamides is 1. The minimum absolute atomic E-state index is 0.0626. The first kappa shape index (κ1) is 21.9. The van der Waals surface area contributed by atoms with Gasteiger partial charge in [0.05, 0.1) is 12.0 Å². The molecule has 4 N–H and O–H groups in total. The zero-order chi connectivity index (χ0) is 21.6. The molecular formula is C18H19N3O7S. The molecule has 0 aliphatic carbocycles. The molecule has 0 aromatic heterocycles. The van der Waals surface area contributed by atoms with Gasteiger partial charge in [-0.3, -0.25) is 9.59 Å². The number of esters is 1. The van der Waals surface area contributed by atoms with Gasteiger partial charge < -0.3 is 20.1 Å². The third-order valence-corrected chi connectivity index (χ3v) is 4.62. The average Bonchev–Trinajstić information content (AvgIpc) is 2.70. The van der Waals surface area contributed by atoms with Crippen LogP contribution in [0, 0.1) is 0 Å². The van der Waals surface area contributed by atoms with E-state index >= 15 is 0 Å². The number of hydrogen-bond acceptors (Lipinski definition) is 7. The van der Waals surface area contributed by atoms with Gasteiger partial charge >= 0.3 is 5.97 Å². The molecule has 11 heteroatoms. The molecule has 2 amide bonds. The lowest BCUT2D eigenvalue weighted by Crippen LogP contribution is -2.22. The maximum Gasteiger partial charge on any atom is 0.342 e. The van der Waals surface area contributed by atoms with Crippen LogP contribution in [-0.4, -0.2) is 47.0 Å². The van der Waals surface area contributed by atoms with Crippen molar-refractivity contribution in [3.8, 4) is 5.75 Å². The fourth-order valence-corrected chi connectivity index (χ4v) is 2.82. The summed E-state index contributed by atoms with van der Waals surface area (Å²) in [5.41, 5.74) is 0.619. The van der Waals surface area contributed by atoms with Crippen molar-refractivity contribution in [3.05, 3.63) is 53.6 Å². The first-order valence-corrected chi connectivity index (χ1v) is 9.70. The molecule has 154 valence electrons. The van der Waals surface area contributed by atoms with Crippen molar-refractivity contribution in [2.75, 3.05) is 26.1 Å². The summed E-state index contributed by atoms with van der Waals surface area (Å²) in [6, 6.07) is 9.51. The van der Waals surface area contributed by atoms with Crippen LogP contribution in [-0.2, 0) is 19.6 Å². The molecule has 29 heavy (non-hydrogen) atoms. The van der Waals surface area contributed by atoms with E-state index in [1.807, 2.05) is 0 Å². The van der Waals surface area contributed by atoms with Crippen molar-refractivity contribution >= 4 is 33.5 Å². The molecule has 0 bridgehead atoms. The Morgan fingerprint density at radius 2 is 1.72 bits per heavy atom. The molecule has 2 aromatic rings. The Balaban J connectivity index is 2.03. The number of primary sulfonamides is 1. The van der Waals surface area contributed by atoms with E-state index < -0.39 is 28.5 Å². The van der Waals surface area contributed by atoms with Crippen LogP contribution in [0.5, 0.6) is 5.75 Å². The van der Waals surface area contributed by atoms with Crippen molar-refractivity contribution in [2.45, 2.75) is 4.90 Å². The molecule has 0 saturated carbocycles. The lowest BCUT2D eigenvalue weighted by atomic mass is 10.2. The Hall–Kier alpha value is -3.44. The smallest absolute Gasteiger partial charge is 0.342 e. The first-order valence-electron chi connectivity index (χ1n) is 8.15. The Kier molecular flexibility index (Phi) is 6.91. The Labute approximate surface area is 167 Å². The maximum absolute atomic E-state index is 12.3. The SMILES string of the molecule is CNC(=O)c1ccc(NC(=O)COC(=O)c2cc(S(N)(=O)=O)ccc2OC)cc1. The molecule has 0 fully saturated rings. The van der Waals surface area contributed by atoms with Crippen molar-refractivity contribution in [3.63, 3.8) is 0 Å². The van der Waals surface area contributed by atoms with E-state index in [9.17, 15) is 22.8 Å². The summed E-state index contributed by atoms with van der Waals surface area (Å²) >= 11 is 0. The van der Waals surface area contributed by atoms with Gasteiger partial charge in [-0.25, -0.2) is 18.4 Å². The molecule has 0 aliphatic rings. The van der Waals surface area contributed by atoms with Gasteiger partial charge in [-0.1, -0.05) is 0 Å². The standard InChI is InChI=1S/C18H19N3O7S/c1-20-17(23)11-3-5-12(6-4-11)21-16(22)10-28-18(24)14-9-13(29(19,25)26)7-8-15(14)27-2/h3-9H,10H2,1-2H3,(H,20,23)(H,21,22)(H2,19,25,26). The minimum Gasteiger partial charge on any atom is -0.496 e. The van der Waals surface area contributed by atoms with Crippen LogP contribution >= 0.6 is 0 Å². The highest BCUT2D eigenvalue weighted by atomic mass is 32.2. The largest absolute Gasteiger partial charge is 0.496 e. The zero-order valence-corrected chi connectivity index (χ0v) is 16.4. The van der Waals surface area contributed by atoms with Crippen LogP contribution in [0.1, 0.15) is 20.7 Å². The molecule has 2 aromatic carbocycles. The topological polar surface area (TPSA) is 154 Å². The van der Waals surface area contributed by atoms with Crippen molar-refractivity contribution in [1.82, 2.24) is 5.32 Å². The average molecular weight is 421 g/mol. The van der Waals surface area contributed by atoms with E-state index in [1.165, 1.54) is 50.6 Å². The van der Waals surface area contributed by atoms with Crippen molar-refractivity contribution in [1.29, 1.82) is 0 Å². The Morgan fingerprint density at radius 3 is 2.28 bits per heavy atom. The second kappa shape index (κ2) is 9.17. The molecule has 0 spiro atoms. The number of nitrogens with one attached hydrogen (secondary N) is 2. The number of ether oxygens (including phenoxy) is 2. The fraction of sp³-hybridized carbons (Fsp3) is 0.167. The number of methoxy groups -OCH3 is 1. The lowest BCUT2D eigenvalue weighted by molar-refractivity contribution is -0.119. The van der Waals surface area contributed by atoms with E-state index in [1.54, 1.807) is 0 Å². The lowest BCUT2D eigenvalue weighted by Gasteiger charge is -2.10. The van der Waals surface area contributed by atoms with Gasteiger partial charge in [-0.2, -0.15) is 0 Å². The molecule has 0 atom stereocenters. The predicted molar refractivity (Wildman–Crippen MR) is 103 cm³/mol. The van der Waals surface area contributed by atoms with Crippen LogP contribution in [0.15, 0.2) is 47.4 Å². The van der Waals surface area contributed by atoms with E-state index in [-0.39, 0.29) is 22.1 Å². The fourth-order valence-electron chi connectivity index (χ4n) is 2.28. The number of rotatable bonds is 7. The highest BCUT2D eigenvalue weighted by Gasteiger charge is 2.19. The molecule has 0 aliphatic heterocycles. The minimum atomic E-state index is -4.04. The number of benzene rings is 2. The van der Waals surface area contributed by atoms with E-state index in [0.29, 0.717) is 11.3 Å². The highest BCUT2D eigenvalue weighted by Crippen LogP contribution is 2.22. The second-order valence-electron chi connectivity index (χ2n) is 5.69. The zero-order valence-electron chi connectivity index (χ0n) is 15.6. The predicted octanol–water partition coefficient (Wildman–Crippen LogP) is 0.498. The molecule has 0 heterocycles. The van der Waals surface area contributed by atoms with Gasteiger partial charge in [-0.15, -0.1) is 0 Å². The summed E-state index contributed by atoms with van der Waals surface area (Å²) in [5.74, 6) is -1.80. The van der Waals surface area contributed by atoms with Gasteiger partial charge in [0.1, 0.15) is 11.3 Å². The molecule has 0 saturated heterocycles. The van der Waals surface area contributed by atoms with Gasteiger partial charge in [-0.05, 0) is 42.5 Å². The van der Waals surface area contributed by atoms with E-state index in [2.05, 4.69) is 10.6 Å². The second-order valence-corrected chi connectivity index (χ2v) is 7.25. The van der Waals surface area contributed by atoms with Gasteiger partial charge in [0.25, 0.3) is 11.8 Å². The third kappa shape index (κ3) is 5.77. The summed E-state index contributed by atoms with van der Waals surface area (Å²) in [4.78, 5) is 35.4. The Morgan fingerprint density at radius 1 is 1.07 bits per heavy atom. The number of anilines is 1. The van der Waals surface area contributed by atoms with Gasteiger partial charge in [0.2, 0.25) is 10.0 Å². The highest BCUT2D eigenvalue weighted by molar-refractivity contribution is 7.89. The Bertz CT molecular complexity index is 1030.